The van der Waals surface area contributed by atoms with Crippen molar-refractivity contribution >= 4 is 5.91 Å². The number of carbonyl (C=O) groups is 1. The Labute approximate surface area is 119 Å². The summed E-state index contributed by atoms with van der Waals surface area (Å²) in [6, 6.07) is 0. The Hall–Kier alpha value is -1.35. The second-order valence-electron chi connectivity index (χ2n) is 3.18. The molecule has 19 heavy (non-hydrogen) atoms. The first-order valence-electron chi connectivity index (χ1n) is 6.95. The van der Waals surface area contributed by atoms with E-state index >= 15 is 0 Å². The van der Waals surface area contributed by atoms with Crippen molar-refractivity contribution in [1.82, 2.24) is 4.90 Å². The van der Waals surface area contributed by atoms with Crippen molar-refractivity contribution in [3.63, 3.8) is 0 Å². The van der Waals surface area contributed by atoms with Crippen LogP contribution in [0.25, 0.3) is 0 Å². The first-order chi connectivity index (χ1) is 9.06. The topological polar surface area (TPSA) is 40.5 Å². The Balaban J connectivity index is -0.000000579. The van der Waals surface area contributed by atoms with Gasteiger partial charge in [0.1, 0.15) is 0 Å². The summed E-state index contributed by atoms with van der Waals surface area (Å²) in [5, 5.41) is 8.89. The molecule has 0 fully saturated rings. The minimum atomic E-state index is -0.0422. The summed E-state index contributed by atoms with van der Waals surface area (Å²) >= 11 is 0. The van der Waals surface area contributed by atoms with E-state index in [0.717, 1.165) is 11.3 Å². The molecule has 0 spiro atoms. The molecule has 1 amide bonds. The molecule has 0 heterocycles. The van der Waals surface area contributed by atoms with Crippen LogP contribution in [0.15, 0.2) is 36.1 Å². The van der Waals surface area contributed by atoms with Crippen molar-refractivity contribution in [2.24, 2.45) is 0 Å². The first kappa shape index (κ1) is 22.8. The Bertz CT molecular complexity index is 291. The summed E-state index contributed by atoms with van der Waals surface area (Å²) in [5.41, 5.74) is 1.59. The van der Waals surface area contributed by atoms with Gasteiger partial charge in [-0.15, -0.1) is 0 Å². The highest BCUT2D eigenvalue weighted by Crippen LogP contribution is 2.05. The molecule has 0 unspecified atom stereocenters. The normalized spacial score (nSPS) is 10.5. The largest absolute Gasteiger partial charge is 0.392 e. The molecule has 1 N–H and O–H groups in total. The molecule has 0 saturated carbocycles. The number of aliphatic hydroxyl groups is 1. The lowest BCUT2D eigenvalue weighted by molar-refractivity contribution is -0.126. The SMILES string of the molecule is C=C/C(=C\C=C(/C)N(CC)C(C)=O)CO.CC.CC. The van der Waals surface area contributed by atoms with Crippen molar-refractivity contribution in [3.05, 3.63) is 36.1 Å². The van der Waals surface area contributed by atoms with Gasteiger partial charge in [-0.05, 0) is 25.5 Å². The van der Waals surface area contributed by atoms with Crippen LogP contribution in [-0.4, -0.2) is 29.1 Å². The third-order valence-corrected chi connectivity index (χ3v) is 2.11. The van der Waals surface area contributed by atoms with Crippen LogP contribution in [0.1, 0.15) is 48.5 Å². The molecule has 0 rings (SSSR count). The predicted octanol–water partition coefficient (Wildman–Crippen LogP) is 3.92. The maximum Gasteiger partial charge on any atom is 0.223 e. The number of rotatable bonds is 5. The van der Waals surface area contributed by atoms with E-state index in [1.807, 2.05) is 41.5 Å². The Morgan fingerprint density at radius 1 is 1.16 bits per heavy atom. The Kier molecular flexibility index (Phi) is 20.0. The molecular weight excluding hydrogens is 238 g/mol. The summed E-state index contributed by atoms with van der Waals surface area (Å²) in [7, 11) is 0. The standard InChI is InChI=1S/C12H19NO2.2C2H6/c1-5-12(9-14)8-7-10(3)13(6-2)11(4)15;2*1-2/h5,7-8,14H,1,6,9H2,2-4H3;2*1-2H3/b10-7+,12-8+;;. The number of allylic oxidation sites excluding steroid dienone is 3. The van der Waals surface area contributed by atoms with Crippen LogP contribution in [0.4, 0.5) is 0 Å². The van der Waals surface area contributed by atoms with Crippen molar-refractivity contribution in [3.8, 4) is 0 Å². The summed E-state index contributed by atoms with van der Waals surface area (Å²) < 4.78 is 0. The van der Waals surface area contributed by atoms with Gasteiger partial charge in [-0.3, -0.25) is 4.79 Å². The highest BCUT2D eigenvalue weighted by molar-refractivity contribution is 5.75. The third-order valence-electron chi connectivity index (χ3n) is 2.11. The molecule has 3 heteroatoms. The summed E-state index contributed by atoms with van der Waals surface area (Å²) in [4.78, 5) is 12.9. The number of carbonyl (C=O) groups excluding carboxylic acids is 1. The van der Waals surface area contributed by atoms with E-state index in [0.29, 0.717) is 6.54 Å². The molecule has 0 aliphatic rings. The van der Waals surface area contributed by atoms with Gasteiger partial charge < -0.3 is 10.0 Å². The summed E-state index contributed by atoms with van der Waals surface area (Å²) in [6.45, 7) is 17.5. The minimum absolute atomic E-state index is 0.0174. The van der Waals surface area contributed by atoms with Crippen LogP contribution >= 0.6 is 0 Å². The molecule has 0 aromatic rings. The monoisotopic (exact) mass is 269 g/mol. The van der Waals surface area contributed by atoms with Crippen molar-refractivity contribution in [2.75, 3.05) is 13.2 Å². The smallest absolute Gasteiger partial charge is 0.223 e. The van der Waals surface area contributed by atoms with Crippen molar-refractivity contribution in [1.29, 1.82) is 0 Å². The van der Waals surface area contributed by atoms with Crippen LogP contribution < -0.4 is 0 Å². The lowest BCUT2D eigenvalue weighted by Gasteiger charge is -2.19. The van der Waals surface area contributed by atoms with Gasteiger partial charge in [0.15, 0.2) is 0 Å². The molecule has 0 saturated heterocycles. The molecule has 0 aromatic heterocycles. The zero-order valence-electron chi connectivity index (χ0n) is 13.7. The second-order valence-corrected chi connectivity index (χ2v) is 3.18. The van der Waals surface area contributed by atoms with Crippen LogP contribution in [-0.2, 0) is 4.79 Å². The number of aliphatic hydroxyl groups excluding tert-OH is 1. The van der Waals surface area contributed by atoms with Crippen LogP contribution in [0, 0.1) is 0 Å². The van der Waals surface area contributed by atoms with E-state index in [-0.39, 0.29) is 12.5 Å². The average molecular weight is 269 g/mol. The summed E-state index contributed by atoms with van der Waals surface area (Å²) in [6.07, 6.45) is 5.15. The molecule has 0 bridgehead atoms. The molecule has 0 aliphatic heterocycles. The van der Waals surface area contributed by atoms with E-state index in [9.17, 15) is 4.79 Å². The van der Waals surface area contributed by atoms with Crippen molar-refractivity contribution in [2.45, 2.75) is 48.5 Å². The highest BCUT2D eigenvalue weighted by Gasteiger charge is 2.06. The van der Waals surface area contributed by atoms with Gasteiger partial charge in [0.2, 0.25) is 5.91 Å². The number of hydrogen-bond acceptors (Lipinski definition) is 2. The fourth-order valence-electron chi connectivity index (χ4n) is 1.22. The minimum Gasteiger partial charge on any atom is -0.392 e. The quantitative estimate of drug-likeness (QED) is 0.769. The van der Waals surface area contributed by atoms with Gasteiger partial charge in [0.25, 0.3) is 0 Å². The fourth-order valence-corrected chi connectivity index (χ4v) is 1.22. The molecule has 0 atom stereocenters. The first-order valence-corrected chi connectivity index (χ1v) is 6.95. The Morgan fingerprint density at radius 3 is 1.89 bits per heavy atom. The number of amides is 1. The van der Waals surface area contributed by atoms with Gasteiger partial charge in [0.05, 0.1) is 6.61 Å². The predicted molar refractivity (Wildman–Crippen MR) is 84.9 cm³/mol. The fraction of sp³-hybridized carbons (Fsp3) is 0.562. The molecular formula is C16H31NO2. The van der Waals surface area contributed by atoms with E-state index in [1.54, 1.807) is 23.1 Å². The van der Waals surface area contributed by atoms with E-state index in [4.69, 9.17) is 5.11 Å². The van der Waals surface area contributed by atoms with Crippen LogP contribution in [0.5, 0.6) is 0 Å². The van der Waals surface area contributed by atoms with Gasteiger partial charge >= 0.3 is 0 Å². The molecule has 0 aliphatic carbocycles. The van der Waals surface area contributed by atoms with Gasteiger partial charge in [-0.2, -0.15) is 0 Å². The highest BCUT2D eigenvalue weighted by atomic mass is 16.3. The lowest BCUT2D eigenvalue weighted by Crippen LogP contribution is -2.26. The second kappa shape index (κ2) is 16.6. The van der Waals surface area contributed by atoms with Crippen LogP contribution in [0.2, 0.25) is 0 Å². The number of nitrogens with zero attached hydrogens (tertiary/aromatic N) is 1. The zero-order valence-corrected chi connectivity index (χ0v) is 13.7. The van der Waals surface area contributed by atoms with E-state index < -0.39 is 0 Å². The van der Waals surface area contributed by atoms with Crippen molar-refractivity contribution < 1.29 is 9.90 Å². The average Bonchev–Trinajstić information content (AvgIpc) is 2.44. The number of hydrogen-bond donors (Lipinski definition) is 1. The molecule has 0 aromatic carbocycles. The Morgan fingerprint density at radius 2 is 1.63 bits per heavy atom. The molecule has 0 radical (unpaired) electrons. The van der Waals surface area contributed by atoms with Crippen LogP contribution in [0.3, 0.4) is 0 Å². The lowest BCUT2D eigenvalue weighted by atomic mass is 10.2. The summed E-state index contributed by atoms with van der Waals surface area (Å²) in [5.74, 6) is 0.0174. The molecule has 112 valence electrons. The maximum absolute atomic E-state index is 11.2. The molecule has 3 nitrogen and oxygen atoms in total. The van der Waals surface area contributed by atoms with Gasteiger partial charge in [0, 0.05) is 19.2 Å². The zero-order chi connectivity index (χ0) is 15.8. The maximum atomic E-state index is 11.2. The third kappa shape index (κ3) is 11.5. The van der Waals surface area contributed by atoms with Gasteiger partial charge in [-0.25, -0.2) is 0 Å². The van der Waals surface area contributed by atoms with Gasteiger partial charge in [-0.1, -0.05) is 46.4 Å². The van der Waals surface area contributed by atoms with E-state index in [1.165, 1.54) is 6.92 Å². The van der Waals surface area contributed by atoms with E-state index in [2.05, 4.69) is 6.58 Å².